The summed E-state index contributed by atoms with van der Waals surface area (Å²) >= 11 is 0. The molecule has 136 valence electrons. The minimum Gasteiger partial charge on any atom is -0.480 e. The Bertz CT molecular complexity index is 486. The minimum absolute atomic E-state index is 0.0195. The number of hydrogen-bond donors (Lipinski definition) is 2. The third-order valence-corrected chi connectivity index (χ3v) is 3.58. The zero-order valence-corrected chi connectivity index (χ0v) is 13.1. The van der Waals surface area contributed by atoms with E-state index < -0.39 is 46.2 Å². The van der Waals surface area contributed by atoms with Gasteiger partial charge in [-0.15, -0.1) is 20.2 Å². The fourth-order valence-electron chi connectivity index (χ4n) is 2.60. The molecule has 1 fully saturated rings. The number of carbonyl (C=O) groups is 2. The summed E-state index contributed by atoms with van der Waals surface area (Å²) in [6.45, 7) is 3.58. The van der Waals surface area contributed by atoms with Gasteiger partial charge < -0.3 is 20.1 Å². The van der Waals surface area contributed by atoms with Crippen LogP contribution in [0.1, 0.15) is 33.1 Å². The molecule has 24 heavy (non-hydrogen) atoms. The summed E-state index contributed by atoms with van der Waals surface area (Å²) in [5.74, 6) is -2.72. The van der Waals surface area contributed by atoms with E-state index in [1.54, 1.807) is 13.8 Å². The molecule has 0 radical (unpaired) electrons. The lowest BCUT2D eigenvalue weighted by Crippen LogP contribution is -2.44. The summed E-state index contributed by atoms with van der Waals surface area (Å²) in [7, 11) is 0. The Labute approximate surface area is 136 Å². The Morgan fingerprint density at radius 3 is 1.96 bits per heavy atom. The monoisotopic (exact) mass is 349 g/mol. The highest BCUT2D eigenvalue weighted by molar-refractivity contribution is 5.85. The minimum atomic E-state index is -1.27. The molecule has 0 aromatic heterocycles. The molecule has 0 heterocycles. The van der Waals surface area contributed by atoms with Crippen molar-refractivity contribution < 1.29 is 34.5 Å². The van der Waals surface area contributed by atoms with Gasteiger partial charge in [0.2, 0.25) is 5.91 Å². The first-order valence-corrected chi connectivity index (χ1v) is 7.25. The topological polar surface area (TPSA) is 171 Å². The van der Waals surface area contributed by atoms with Crippen molar-refractivity contribution >= 4 is 11.9 Å². The van der Waals surface area contributed by atoms with E-state index in [1.807, 2.05) is 0 Å². The van der Waals surface area contributed by atoms with Gasteiger partial charge >= 0.3 is 5.97 Å². The molecule has 2 N–H and O–H groups in total. The maximum absolute atomic E-state index is 12.2. The first kappa shape index (κ1) is 19.4. The van der Waals surface area contributed by atoms with E-state index in [0.717, 1.165) is 0 Å². The van der Waals surface area contributed by atoms with Crippen LogP contribution >= 0.6 is 0 Å². The third-order valence-electron chi connectivity index (χ3n) is 3.58. The van der Waals surface area contributed by atoms with Crippen molar-refractivity contribution in [1.82, 2.24) is 5.32 Å². The van der Waals surface area contributed by atoms with Crippen LogP contribution in [0, 0.1) is 32.1 Å². The van der Waals surface area contributed by atoms with Crippen LogP contribution in [0.5, 0.6) is 0 Å². The van der Waals surface area contributed by atoms with E-state index in [2.05, 4.69) is 15.0 Å². The number of carboxylic acid groups (broad SMARTS) is 1. The van der Waals surface area contributed by atoms with Gasteiger partial charge in [0.15, 0.2) is 0 Å². The highest BCUT2D eigenvalue weighted by atomic mass is 17.0. The summed E-state index contributed by atoms with van der Waals surface area (Å²) in [5, 5.41) is 30.1. The number of carboxylic acids is 1. The second-order valence-electron chi connectivity index (χ2n) is 5.93. The zero-order chi connectivity index (χ0) is 18.4. The van der Waals surface area contributed by atoms with Gasteiger partial charge in [-0.2, -0.15) is 0 Å². The fourth-order valence-corrected chi connectivity index (χ4v) is 2.60. The average molecular weight is 349 g/mol. The molecule has 1 saturated carbocycles. The smallest absolute Gasteiger partial charge is 0.326 e. The number of nitrogens with zero attached hydrogens (tertiary/aromatic N) is 2. The normalized spacial score (nSPS) is 24.2. The molecular weight excluding hydrogens is 330 g/mol. The Hall–Kier alpha value is -2.66. The number of amides is 1. The van der Waals surface area contributed by atoms with Crippen LogP contribution in [-0.4, -0.2) is 45.4 Å². The number of rotatable bonds is 9. The molecule has 0 aromatic rings. The molecule has 0 spiro atoms. The Kier molecular flexibility index (Phi) is 6.68. The Balaban J connectivity index is 2.74. The molecule has 1 unspecified atom stereocenters. The van der Waals surface area contributed by atoms with Crippen molar-refractivity contribution in [3.63, 3.8) is 0 Å². The summed E-state index contributed by atoms with van der Waals surface area (Å²) in [6.07, 6.45) is -2.69. The van der Waals surface area contributed by atoms with Crippen molar-refractivity contribution in [2.45, 2.75) is 51.4 Å². The van der Waals surface area contributed by atoms with Crippen molar-refractivity contribution in [3.8, 4) is 0 Å². The molecule has 0 aromatic carbocycles. The Morgan fingerprint density at radius 1 is 1.17 bits per heavy atom. The number of hydrogen-bond acceptors (Lipinski definition) is 8. The second kappa shape index (κ2) is 8.26. The molecule has 1 amide bonds. The average Bonchev–Trinajstić information content (AvgIpc) is 2.78. The first-order chi connectivity index (χ1) is 11.1. The molecule has 12 nitrogen and oxygen atoms in total. The van der Waals surface area contributed by atoms with Crippen LogP contribution < -0.4 is 5.32 Å². The van der Waals surface area contributed by atoms with Crippen LogP contribution in [0.2, 0.25) is 0 Å². The standard InChI is InChI=1S/C12H19N3O9/c1-6(2)3-8(12(17)18)13-11(16)7-4-9(23-14(19)20)10(5-7)24-15(21)22/h6-10H,3-5H2,1-2H3,(H,13,16)(H,17,18)/t7?,8-,9-,10+/m1/s1. The fraction of sp³-hybridized carbons (Fsp3) is 0.833. The molecule has 0 saturated heterocycles. The van der Waals surface area contributed by atoms with E-state index in [1.165, 1.54) is 0 Å². The van der Waals surface area contributed by atoms with E-state index in [9.17, 15) is 29.8 Å². The largest absolute Gasteiger partial charge is 0.480 e. The maximum atomic E-state index is 12.2. The van der Waals surface area contributed by atoms with Crippen molar-refractivity contribution in [1.29, 1.82) is 0 Å². The van der Waals surface area contributed by atoms with Gasteiger partial charge in [-0.1, -0.05) is 13.8 Å². The molecule has 1 aliphatic rings. The summed E-state index contributed by atoms with van der Waals surface area (Å²) < 4.78 is 0. The van der Waals surface area contributed by atoms with E-state index in [-0.39, 0.29) is 25.2 Å². The molecule has 0 bridgehead atoms. The molecule has 4 atom stereocenters. The lowest BCUT2D eigenvalue weighted by Gasteiger charge is -2.18. The van der Waals surface area contributed by atoms with Crippen LogP contribution in [0.25, 0.3) is 0 Å². The highest BCUT2D eigenvalue weighted by Crippen LogP contribution is 2.31. The summed E-state index contributed by atoms with van der Waals surface area (Å²) in [4.78, 5) is 52.8. The van der Waals surface area contributed by atoms with Gasteiger partial charge in [-0.05, 0) is 25.2 Å². The first-order valence-electron chi connectivity index (χ1n) is 7.25. The van der Waals surface area contributed by atoms with Crippen LogP contribution in [0.4, 0.5) is 0 Å². The third kappa shape index (κ3) is 5.85. The van der Waals surface area contributed by atoms with E-state index in [4.69, 9.17) is 5.11 Å². The lowest BCUT2D eigenvalue weighted by molar-refractivity contribution is -0.797. The van der Waals surface area contributed by atoms with E-state index in [0.29, 0.717) is 0 Å². The van der Waals surface area contributed by atoms with Crippen LogP contribution in [-0.2, 0) is 19.3 Å². The van der Waals surface area contributed by atoms with E-state index >= 15 is 0 Å². The quantitative estimate of drug-likeness (QED) is 0.434. The van der Waals surface area contributed by atoms with Gasteiger partial charge in [0.25, 0.3) is 10.2 Å². The number of nitrogens with one attached hydrogen (secondary N) is 1. The highest BCUT2D eigenvalue weighted by Gasteiger charge is 2.43. The zero-order valence-electron chi connectivity index (χ0n) is 13.1. The summed E-state index contributed by atoms with van der Waals surface area (Å²) in [6, 6.07) is -1.11. The Morgan fingerprint density at radius 2 is 1.62 bits per heavy atom. The molecule has 12 heteroatoms. The number of carbonyl (C=O) groups excluding carboxylic acids is 1. The second-order valence-corrected chi connectivity index (χ2v) is 5.93. The van der Waals surface area contributed by atoms with Crippen molar-refractivity contribution in [3.05, 3.63) is 20.2 Å². The lowest BCUT2D eigenvalue weighted by atomic mass is 10.0. The SMILES string of the molecule is CC(C)C[C@@H](NC(=O)C1C[C@H](O[N+](=O)[O-])[C@H](O[N+](=O)[O-])C1)C(=O)O. The van der Waals surface area contributed by atoms with Crippen molar-refractivity contribution in [2.75, 3.05) is 0 Å². The molecule has 1 aliphatic carbocycles. The van der Waals surface area contributed by atoms with Crippen molar-refractivity contribution in [2.24, 2.45) is 11.8 Å². The predicted molar refractivity (Wildman–Crippen MR) is 75.5 cm³/mol. The maximum Gasteiger partial charge on any atom is 0.326 e. The van der Waals surface area contributed by atoms with Gasteiger partial charge in [-0.25, -0.2) is 4.79 Å². The summed E-state index contributed by atoms with van der Waals surface area (Å²) in [5.41, 5.74) is 0. The van der Waals surface area contributed by atoms with Gasteiger partial charge in [0, 0.05) is 5.92 Å². The molecular formula is C12H19N3O9. The van der Waals surface area contributed by atoms with Crippen LogP contribution in [0.15, 0.2) is 0 Å². The van der Waals surface area contributed by atoms with Gasteiger partial charge in [0.05, 0.1) is 0 Å². The molecule has 1 rings (SSSR count). The predicted octanol–water partition coefficient (Wildman–Crippen LogP) is 0.166. The van der Waals surface area contributed by atoms with Crippen LogP contribution in [0.3, 0.4) is 0 Å². The molecule has 0 aliphatic heterocycles. The van der Waals surface area contributed by atoms with Gasteiger partial charge in [0.1, 0.15) is 18.2 Å². The van der Waals surface area contributed by atoms with Gasteiger partial charge in [-0.3, -0.25) is 4.79 Å². The number of aliphatic carboxylic acids is 1.